The van der Waals surface area contributed by atoms with Gasteiger partial charge in [0.2, 0.25) is 5.91 Å². The van der Waals surface area contributed by atoms with Gasteiger partial charge in [0.1, 0.15) is 0 Å². The fourth-order valence-corrected chi connectivity index (χ4v) is 3.25. The third-order valence-corrected chi connectivity index (χ3v) is 4.99. The van der Waals surface area contributed by atoms with Gasteiger partial charge >= 0.3 is 0 Å². The number of hydrogen-bond donors (Lipinski definition) is 1. The van der Waals surface area contributed by atoms with Crippen molar-refractivity contribution in [1.29, 1.82) is 0 Å². The summed E-state index contributed by atoms with van der Waals surface area (Å²) in [6.07, 6.45) is 2.92. The molecule has 1 aromatic rings. The Balaban J connectivity index is 2.52. The van der Waals surface area contributed by atoms with E-state index < -0.39 is 0 Å². The maximum Gasteiger partial charge on any atom is 0.225 e. The third kappa shape index (κ3) is 4.91. The first kappa shape index (κ1) is 17.2. The van der Waals surface area contributed by atoms with Crippen LogP contribution in [0.4, 0.5) is 0 Å². The van der Waals surface area contributed by atoms with Crippen molar-refractivity contribution in [1.82, 2.24) is 4.90 Å². The average molecular weight is 296 g/mol. The molecule has 3 nitrogen and oxygen atoms in total. The molecule has 1 rings (SSSR count). The predicted octanol–water partition coefficient (Wildman–Crippen LogP) is 3.73. The zero-order valence-corrected chi connectivity index (χ0v) is 14.2. The van der Waals surface area contributed by atoms with Gasteiger partial charge in [0.25, 0.3) is 0 Å². The third-order valence-electron chi connectivity index (χ3n) is 3.82. The molecule has 1 amide bonds. The van der Waals surface area contributed by atoms with Crippen molar-refractivity contribution in [2.75, 3.05) is 7.05 Å². The van der Waals surface area contributed by atoms with Crippen molar-refractivity contribution in [2.24, 2.45) is 11.7 Å². The van der Waals surface area contributed by atoms with Crippen LogP contribution < -0.4 is 5.73 Å². The Morgan fingerprint density at radius 1 is 1.30 bits per heavy atom. The summed E-state index contributed by atoms with van der Waals surface area (Å²) in [7, 11) is 1.91. The van der Waals surface area contributed by atoms with Crippen LogP contribution in [0.3, 0.4) is 0 Å². The van der Waals surface area contributed by atoms with Crippen molar-refractivity contribution in [3.63, 3.8) is 0 Å². The Morgan fingerprint density at radius 3 is 2.45 bits per heavy atom. The lowest BCUT2D eigenvalue weighted by molar-refractivity contribution is -0.135. The normalized spacial score (nSPS) is 15.7. The maximum atomic E-state index is 12.4. The first-order valence-corrected chi connectivity index (χ1v) is 8.23. The molecule has 0 aromatic carbocycles. The Kier molecular flexibility index (Phi) is 6.69. The maximum absolute atomic E-state index is 12.4. The topological polar surface area (TPSA) is 46.3 Å². The molecule has 1 heterocycles. The van der Waals surface area contributed by atoms with E-state index in [0.29, 0.717) is 0 Å². The first-order chi connectivity index (χ1) is 9.32. The predicted molar refractivity (Wildman–Crippen MR) is 86.9 cm³/mol. The highest BCUT2D eigenvalue weighted by atomic mass is 32.1. The molecule has 0 aliphatic carbocycles. The Labute approximate surface area is 127 Å². The molecule has 1 aromatic heterocycles. The second kappa shape index (κ2) is 7.79. The molecule has 0 aliphatic rings. The van der Waals surface area contributed by atoms with Crippen LogP contribution in [0.1, 0.15) is 55.8 Å². The largest absolute Gasteiger partial charge is 0.338 e. The average Bonchev–Trinajstić information content (AvgIpc) is 2.82. The first-order valence-electron chi connectivity index (χ1n) is 7.41. The van der Waals surface area contributed by atoms with Gasteiger partial charge in [0, 0.05) is 28.8 Å². The summed E-state index contributed by atoms with van der Waals surface area (Å²) in [6.45, 7) is 8.23. The Bertz CT molecular complexity index is 428. The summed E-state index contributed by atoms with van der Waals surface area (Å²) in [5.41, 5.74) is 5.75. The molecule has 3 atom stereocenters. The molecule has 3 unspecified atom stereocenters. The number of amides is 1. The SMILES string of the molecule is Cc1ccc(C(C)N(C)C(=O)C(C)CCCC(C)N)s1. The van der Waals surface area contributed by atoms with Gasteiger partial charge in [-0.05, 0) is 45.7 Å². The minimum atomic E-state index is 0.0715. The summed E-state index contributed by atoms with van der Waals surface area (Å²) in [5, 5.41) is 0. The van der Waals surface area contributed by atoms with E-state index in [1.807, 2.05) is 25.8 Å². The highest BCUT2D eigenvalue weighted by Crippen LogP contribution is 2.27. The molecular weight excluding hydrogens is 268 g/mol. The van der Waals surface area contributed by atoms with Crippen LogP contribution in [-0.2, 0) is 4.79 Å². The van der Waals surface area contributed by atoms with Crippen LogP contribution in [0.5, 0.6) is 0 Å². The van der Waals surface area contributed by atoms with Crippen LogP contribution in [0.15, 0.2) is 12.1 Å². The summed E-state index contributed by atoms with van der Waals surface area (Å²) >= 11 is 1.76. The lowest BCUT2D eigenvalue weighted by atomic mass is 10.0. The number of carbonyl (C=O) groups excluding carboxylic acids is 1. The minimum absolute atomic E-state index is 0.0715. The summed E-state index contributed by atoms with van der Waals surface area (Å²) in [5.74, 6) is 0.301. The second-order valence-corrected chi connectivity index (χ2v) is 7.20. The molecule has 0 aliphatic heterocycles. The van der Waals surface area contributed by atoms with Gasteiger partial charge in [-0.1, -0.05) is 13.3 Å². The van der Waals surface area contributed by atoms with Gasteiger partial charge in [0.15, 0.2) is 0 Å². The van der Waals surface area contributed by atoms with Crippen molar-refractivity contribution in [2.45, 2.75) is 59.0 Å². The summed E-state index contributed by atoms with van der Waals surface area (Å²) < 4.78 is 0. The number of rotatable bonds is 7. The van der Waals surface area contributed by atoms with Gasteiger partial charge in [-0.25, -0.2) is 0 Å². The van der Waals surface area contributed by atoms with Crippen LogP contribution in [0, 0.1) is 12.8 Å². The molecular formula is C16H28N2OS. The van der Waals surface area contributed by atoms with Crippen LogP contribution >= 0.6 is 11.3 Å². The number of hydrogen-bond acceptors (Lipinski definition) is 3. The molecule has 0 bridgehead atoms. The number of aryl methyl sites for hydroxylation is 1. The fourth-order valence-electron chi connectivity index (χ4n) is 2.28. The molecule has 0 saturated carbocycles. The standard InChI is InChI=1S/C16H28N2OS/c1-11(7-6-8-12(2)17)16(19)18(5)14(4)15-10-9-13(3)20-15/h9-12,14H,6-8,17H2,1-5H3. The fraction of sp³-hybridized carbons (Fsp3) is 0.688. The molecule has 0 fully saturated rings. The summed E-state index contributed by atoms with van der Waals surface area (Å²) in [4.78, 5) is 16.9. The van der Waals surface area contributed by atoms with E-state index in [4.69, 9.17) is 5.73 Å². The van der Waals surface area contributed by atoms with Crippen molar-refractivity contribution in [3.05, 3.63) is 21.9 Å². The van der Waals surface area contributed by atoms with E-state index >= 15 is 0 Å². The molecule has 0 saturated heterocycles. The highest BCUT2D eigenvalue weighted by Gasteiger charge is 2.23. The van der Waals surface area contributed by atoms with E-state index in [-0.39, 0.29) is 23.9 Å². The van der Waals surface area contributed by atoms with Gasteiger partial charge in [-0.2, -0.15) is 0 Å². The van der Waals surface area contributed by atoms with Gasteiger partial charge in [0.05, 0.1) is 6.04 Å². The lowest BCUT2D eigenvalue weighted by Gasteiger charge is -2.27. The van der Waals surface area contributed by atoms with Crippen molar-refractivity contribution in [3.8, 4) is 0 Å². The minimum Gasteiger partial charge on any atom is -0.338 e. The van der Waals surface area contributed by atoms with Crippen molar-refractivity contribution >= 4 is 17.2 Å². The molecule has 2 N–H and O–H groups in total. The van der Waals surface area contributed by atoms with Gasteiger partial charge in [-0.15, -0.1) is 11.3 Å². The number of carbonyl (C=O) groups is 1. The highest BCUT2D eigenvalue weighted by molar-refractivity contribution is 7.12. The lowest BCUT2D eigenvalue weighted by Crippen LogP contribution is -2.33. The zero-order chi connectivity index (χ0) is 15.3. The second-order valence-electron chi connectivity index (χ2n) is 5.88. The Hall–Kier alpha value is -0.870. The molecule has 114 valence electrons. The van der Waals surface area contributed by atoms with Gasteiger partial charge < -0.3 is 10.6 Å². The smallest absolute Gasteiger partial charge is 0.225 e. The molecule has 0 spiro atoms. The van der Waals surface area contributed by atoms with Crippen molar-refractivity contribution < 1.29 is 4.79 Å². The van der Waals surface area contributed by atoms with E-state index in [1.54, 1.807) is 11.3 Å². The Morgan fingerprint density at radius 2 is 1.95 bits per heavy atom. The number of thiophene rings is 1. The number of nitrogens with zero attached hydrogens (tertiary/aromatic N) is 1. The summed E-state index contributed by atoms with van der Waals surface area (Å²) in [6, 6.07) is 4.61. The van der Waals surface area contributed by atoms with Gasteiger partial charge in [-0.3, -0.25) is 4.79 Å². The number of nitrogens with two attached hydrogens (primary N) is 1. The van der Waals surface area contributed by atoms with Crippen LogP contribution in [-0.4, -0.2) is 23.9 Å². The van der Waals surface area contributed by atoms with E-state index in [2.05, 4.69) is 26.0 Å². The quantitative estimate of drug-likeness (QED) is 0.833. The molecule has 4 heteroatoms. The van der Waals surface area contributed by atoms with E-state index in [1.165, 1.54) is 9.75 Å². The molecule has 0 radical (unpaired) electrons. The van der Waals surface area contributed by atoms with E-state index in [0.717, 1.165) is 19.3 Å². The van der Waals surface area contributed by atoms with E-state index in [9.17, 15) is 4.79 Å². The zero-order valence-electron chi connectivity index (χ0n) is 13.3. The monoisotopic (exact) mass is 296 g/mol. The van der Waals surface area contributed by atoms with Crippen LogP contribution in [0.25, 0.3) is 0 Å². The van der Waals surface area contributed by atoms with Crippen LogP contribution in [0.2, 0.25) is 0 Å². The molecule has 20 heavy (non-hydrogen) atoms.